The van der Waals surface area contributed by atoms with E-state index in [9.17, 15) is 14.4 Å². The summed E-state index contributed by atoms with van der Waals surface area (Å²) in [6, 6.07) is 0. The first kappa shape index (κ1) is 56.9. The lowest BCUT2D eigenvalue weighted by Gasteiger charge is -2.18. The Morgan fingerprint density at radius 3 is 1.07 bits per heavy atom. The molecule has 0 aromatic carbocycles. The zero-order valence-electron chi connectivity index (χ0n) is 39.2. The summed E-state index contributed by atoms with van der Waals surface area (Å²) in [5, 5.41) is 0. The van der Waals surface area contributed by atoms with Crippen LogP contribution in [0.2, 0.25) is 0 Å². The van der Waals surface area contributed by atoms with Gasteiger partial charge in [-0.1, -0.05) is 184 Å². The van der Waals surface area contributed by atoms with Gasteiger partial charge in [-0.05, 0) is 103 Å². The molecular weight excluding hydrogens is 745 g/mol. The average molecular weight is 837 g/mol. The van der Waals surface area contributed by atoms with Gasteiger partial charge in [0.25, 0.3) is 0 Å². The van der Waals surface area contributed by atoms with E-state index in [1.807, 2.05) is 0 Å². The van der Waals surface area contributed by atoms with Crippen molar-refractivity contribution >= 4 is 17.9 Å². The number of hydrogen-bond acceptors (Lipinski definition) is 6. The third-order valence-electron chi connectivity index (χ3n) is 10.4. The lowest BCUT2D eigenvalue weighted by molar-refractivity contribution is -0.167. The van der Waals surface area contributed by atoms with E-state index < -0.39 is 6.10 Å². The summed E-state index contributed by atoms with van der Waals surface area (Å²) in [6.07, 6.45) is 60.4. The van der Waals surface area contributed by atoms with E-state index in [0.717, 1.165) is 103 Å². The van der Waals surface area contributed by atoms with Crippen molar-refractivity contribution < 1.29 is 28.6 Å². The van der Waals surface area contributed by atoms with E-state index >= 15 is 0 Å². The smallest absolute Gasteiger partial charge is 0.306 e. The summed E-state index contributed by atoms with van der Waals surface area (Å²) >= 11 is 0. The Kier molecular flexibility index (Phi) is 46.0. The van der Waals surface area contributed by atoms with E-state index in [2.05, 4.69) is 93.7 Å². The maximum absolute atomic E-state index is 12.8. The molecule has 6 nitrogen and oxygen atoms in total. The number of unbranched alkanes of at least 4 members (excludes halogenated alkanes) is 21. The van der Waals surface area contributed by atoms with E-state index in [1.54, 1.807) is 0 Å². The maximum atomic E-state index is 12.8. The Labute approximate surface area is 370 Å². The lowest BCUT2D eigenvalue weighted by Crippen LogP contribution is -2.30. The van der Waals surface area contributed by atoms with Crippen LogP contribution in [0.25, 0.3) is 0 Å². The van der Waals surface area contributed by atoms with Crippen LogP contribution in [-0.4, -0.2) is 37.2 Å². The lowest BCUT2D eigenvalue weighted by atomic mass is 10.1. The summed E-state index contributed by atoms with van der Waals surface area (Å²) in [5.41, 5.74) is 0. The van der Waals surface area contributed by atoms with Gasteiger partial charge in [0.15, 0.2) is 6.10 Å². The van der Waals surface area contributed by atoms with E-state index in [0.29, 0.717) is 19.3 Å². The van der Waals surface area contributed by atoms with E-state index in [1.165, 1.54) is 89.9 Å². The Morgan fingerprint density at radius 2 is 0.650 bits per heavy atom. The zero-order chi connectivity index (χ0) is 43.7. The number of carbonyl (C=O) groups is 3. The molecule has 0 amide bonds. The largest absolute Gasteiger partial charge is 0.462 e. The Bertz CT molecular complexity index is 1140. The number of hydrogen-bond donors (Lipinski definition) is 0. The first-order valence-corrected chi connectivity index (χ1v) is 24.9. The second kappa shape index (κ2) is 48.5. The highest BCUT2D eigenvalue weighted by molar-refractivity contribution is 5.71. The highest BCUT2D eigenvalue weighted by Crippen LogP contribution is 2.14. The molecule has 0 aliphatic carbocycles. The molecule has 6 heteroatoms. The minimum atomic E-state index is -0.795. The van der Waals surface area contributed by atoms with Gasteiger partial charge in [-0.2, -0.15) is 0 Å². The van der Waals surface area contributed by atoms with Gasteiger partial charge >= 0.3 is 17.9 Å². The quantitative estimate of drug-likeness (QED) is 0.0263. The highest BCUT2D eigenvalue weighted by Gasteiger charge is 2.19. The van der Waals surface area contributed by atoms with Gasteiger partial charge in [-0.3, -0.25) is 14.4 Å². The van der Waals surface area contributed by atoms with Crippen molar-refractivity contribution in [3.05, 3.63) is 72.9 Å². The predicted molar refractivity (Wildman–Crippen MR) is 256 cm³/mol. The molecule has 0 aromatic heterocycles. The molecule has 0 rings (SSSR count). The molecule has 0 aliphatic rings. The molecule has 0 fully saturated rings. The number of rotatable bonds is 44. The van der Waals surface area contributed by atoms with Gasteiger partial charge in [0.2, 0.25) is 0 Å². The first-order valence-electron chi connectivity index (χ1n) is 24.9. The second-order valence-electron chi connectivity index (χ2n) is 16.3. The fourth-order valence-electron chi connectivity index (χ4n) is 6.72. The van der Waals surface area contributed by atoms with Crippen molar-refractivity contribution in [1.29, 1.82) is 0 Å². The molecule has 344 valence electrons. The highest BCUT2D eigenvalue weighted by atomic mass is 16.6. The number of carbonyl (C=O) groups excluding carboxylic acids is 3. The van der Waals surface area contributed by atoms with Gasteiger partial charge < -0.3 is 14.2 Å². The van der Waals surface area contributed by atoms with Crippen molar-refractivity contribution in [3.8, 4) is 0 Å². The van der Waals surface area contributed by atoms with Crippen LogP contribution in [0.5, 0.6) is 0 Å². The van der Waals surface area contributed by atoms with Crippen molar-refractivity contribution in [2.24, 2.45) is 0 Å². The van der Waals surface area contributed by atoms with Crippen molar-refractivity contribution in [2.45, 2.75) is 239 Å². The Hall–Kier alpha value is -3.15. The van der Waals surface area contributed by atoms with Crippen LogP contribution in [0, 0.1) is 0 Å². The van der Waals surface area contributed by atoms with Crippen LogP contribution in [0.1, 0.15) is 233 Å². The van der Waals surface area contributed by atoms with Crippen LogP contribution in [0.3, 0.4) is 0 Å². The number of ether oxygens (including phenoxy) is 3. The monoisotopic (exact) mass is 837 g/mol. The minimum absolute atomic E-state index is 0.0937. The van der Waals surface area contributed by atoms with E-state index in [4.69, 9.17) is 14.2 Å². The van der Waals surface area contributed by atoms with Crippen LogP contribution in [-0.2, 0) is 28.6 Å². The molecule has 0 saturated heterocycles. The minimum Gasteiger partial charge on any atom is -0.462 e. The second-order valence-corrected chi connectivity index (χ2v) is 16.3. The normalized spacial score (nSPS) is 12.7. The predicted octanol–water partition coefficient (Wildman–Crippen LogP) is 16.3. The molecule has 1 atom stereocenters. The van der Waals surface area contributed by atoms with Crippen LogP contribution < -0.4 is 0 Å². The standard InChI is InChI=1S/C54H92O6/c1-4-7-10-13-16-19-21-23-25-27-29-30-32-35-38-41-44-47-53(56)59-50-51(49-58-52(55)46-43-40-37-34-18-15-12-9-6-3)60-54(57)48-45-42-39-36-33-31-28-26-24-22-20-17-14-11-8-5-2/h8-9,11-12,17-18,20,23-26,34,51H,4-7,10,13-16,19,21-22,27-33,35-50H2,1-3H3/b11-8-,12-9-,20-17-,25-23-,26-24-,34-18-. The molecule has 0 heterocycles. The Balaban J connectivity index is 4.37. The average Bonchev–Trinajstić information content (AvgIpc) is 3.24. The summed E-state index contributed by atoms with van der Waals surface area (Å²) < 4.78 is 16.7. The molecule has 0 bridgehead atoms. The molecule has 0 aromatic rings. The summed E-state index contributed by atoms with van der Waals surface area (Å²) in [7, 11) is 0. The van der Waals surface area contributed by atoms with Gasteiger partial charge in [-0.25, -0.2) is 0 Å². The van der Waals surface area contributed by atoms with Gasteiger partial charge in [-0.15, -0.1) is 0 Å². The summed E-state index contributed by atoms with van der Waals surface area (Å²) in [4.78, 5) is 37.8. The van der Waals surface area contributed by atoms with Crippen LogP contribution in [0.4, 0.5) is 0 Å². The Morgan fingerprint density at radius 1 is 0.350 bits per heavy atom. The molecular formula is C54H92O6. The van der Waals surface area contributed by atoms with Crippen molar-refractivity contribution in [3.63, 3.8) is 0 Å². The van der Waals surface area contributed by atoms with Gasteiger partial charge in [0, 0.05) is 19.3 Å². The molecule has 60 heavy (non-hydrogen) atoms. The molecule has 0 spiro atoms. The fraction of sp³-hybridized carbons (Fsp3) is 0.722. The zero-order valence-corrected chi connectivity index (χ0v) is 39.2. The third kappa shape index (κ3) is 45.9. The number of allylic oxidation sites excluding steroid dienone is 12. The molecule has 0 N–H and O–H groups in total. The molecule has 0 saturated carbocycles. The molecule has 1 unspecified atom stereocenters. The fourth-order valence-corrected chi connectivity index (χ4v) is 6.72. The molecule has 0 aliphatic heterocycles. The SMILES string of the molecule is CC/C=C\C/C=C\C/C=C\CCCCCCCCC(=O)OC(COC(=O)CCCC/C=C\C/C=C\CC)COC(=O)CCCCCCCCC/C=C\CCCCCCCC. The maximum Gasteiger partial charge on any atom is 0.306 e. The summed E-state index contributed by atoms with van der Waals surface area (Å²) in [5.74, 6) is -0.950. The van der Waals surface area contributed by atoms with Crippen LogP contribution in [0.15, 0.2) is 72.9 Å². The van der Waals surface area contributed by atoms with E-state index in [-0.39, 0.29) is 31.1 Å². The topological polar surface area (TPSA) is 78.9 Å². The van der Waals surface area contributed by atoms with Gasteiger partial charge in [0.1, 0.15) is 13.2 Å². The first-order chi connectivity index (χ1) is 29.5. The third-order valence-corrected chi connectivity index (χ3v) is 10.4. The van der Waals surface area contributed by atoms with Crippen molar-refractivity contribution in [2.75, 3.05) is 13.2 Å². The number of esters is 3. The van der Waals surface area contributed by atoms with Gasteiger partial charge in [0.05, 0.1) is 0 Å². The summed E-state index contributed by atoms with van der Waals surface area (Å²) in [6.45, 7) is 6.35. The van der Waals surface area contributed by atoms with Crippen LogP contribution >= 0.6 is 0 Å². The van der Waals surface area contributed by atoms with Crippen molar-refractivity contribution in [1.82, 2.24) is 0 Å². The molecule has 0 radical (unpaired) electrons.